The lowest BCUT2D eigenvalue weighted by molar-refractivity contribution is 0.0982. The van der Waals surface area contributed by atoms with Gasteiger partial charge in [-0.1, -0.05) is 18.5 Å². The van der Waals surface area contributed by atoms with Gasteiger partial charge in [0.05, 0.1) is 39.5 Å². The molecule has 7 rings (SSSR count). The third kappa shape index (κ3) is 6.81. The van der Waals surface area contributed by atoms with E-state index in [2.05, 4.69) is 66.4 Å². The molecule has 2 N–H and O–H groups in total. The summed E-state index contributed by atoms with van der Waals surface area (Å²) in [4.78, 5) is 26.1. The Morgan fingerprint density at radius 2 is 1.69 bits per heavy atom. The number of hydrogen-bond acceptors (Lipinski definition) is 12. The molecule has 2 aliphatic heterocycles. The van der Waals surface area contributed by atoms with E-state index in [9.17, 15) is 4.57 Å². The van der Waals surface area contributed by atoms with Crippen LogP contribution in [0.5, 0.6) is 5.75 Å². The molecule has 0 saturated carbocycles. The van der Waals surface area contributed by atoms with E-state index in [0.29, 0.717) is 50.2 Å². The number of aromatic nitrogens is 4. The van der Waals surface area contributed by atoms with E-state index in [1.807, 2.05) is 12.1 Å². The first-order valence-electron chi connectivity index (χ1n) is 16.8. The van der Waals surface area contributed by atoms with Crippen molar-refractivity contribution in [2.45, 2.75) is 32.2 Å². The summed E-state index contributed by atoms with van der Waals surface area (Å²) in [6.07, 6.45) is 6.45. The molecule has 5 aromatic rings. The van der Waals surface area contributed by atoms with Crippen molar-refractivity contribution in [3.63, 3.8) is 0 Å². The molecule has 258 valence electrons. The van der Waals surface area contributed by atoms with E-state index in [-0.39, 0.29) is 0 Å². The van der Waals surface area contributed by atoms with Crippen LogP contribution >= 0.6 is 30.1 Å². The van der Waals surface area contributed by atoms with Crippen molar-refractivity contribution in [3.05, 3.63) is 52.8 Å². The molecule has 2 saturated heterocycles. The van der Waals surface area contributed by atoms with Crippen molar-refractivity contribution in [1.82, 2.24) is 29.7 Å². The number of methoxy groups -OCH3 is 1. The van der Waals surface area contributed by atoms with Crippen LogP contribution in [0.1, 0.15) is 25.3 Å². The maximum atomic E-state index is 13.6. The number of nitrogens with zero attached hydrogens (tertiary/aromatic N) is 7. The number of fused-ring (bicyclic) bond motifs is 2. The smallest absolute Gasteiger partial charge is 0.160 e. The Morgan fingerprint density at radius 3 is 2.41 bits per heavy atom. The van der Waals surface area contributed by atoms with E-state index in [1.165, 1.54) is 35.4 Å². The van der Waals surface area contributed by atoms with Crippen LogP contribution in [0.3, 0.4) is 0 Å². The van der Waals surface area contributed by atoms with Gasteiger partial charge in [0.2, 0.25) is 0 Å². The second kappa shape index (κ2) is 14.0. The Kier molecular flexibility index (Phi) is 9.69. The monoisotopic (exact) mass is 719 g/mol. The molecule has 0 unspecified atom stereocenters. The largest absolute Gasteiger partial charge is 0.494 e. The molecule has 0 spiro atoms. The molecular weight excluding hydrogens is 677 g/mol. The minimum Gasteiger partial charge on any atom is -0.494 e. The summed E-state index contributed by atoms with van der Waals surface area (Å²) in [5.41, 5.74) is 7.59. The van der Waals surface area contributed by atoms with Crippen LogP contribution in [0.4, 0.5) is 28.7 Å². The van der Waals surface area contributed by atoms with Gasteiger partial charge < -0.3 is 29.7 Å². The molecule has 0 amide bonds. The summed E-state index contributed by atoms with van der Waals surface area (Å²) in [5, 5.41) is 7.98. The normalized spacial score (nSPS) is 16.8. The number of ether oxygens (including phenoxy) is 1. The van der Waals surface area contributed by atoms with Crippen molar-refractivity contribution in [2.75, 3.05) is 82.3 Å². The lowest BCUT2D eigenvalue weighted by Crippen LogP contribution is -2.52. The van der Waals surface area contributed by atoms with Gasteiger partial charge in [0, 0.05) is 69.5 Å². The average Bonchev–Trinajstić information content (AvgIpc) is 3.61. The number of benzene rings is 2. The fourth-order valence-corrected chi connectivity index (χ4v) is 9.53. The fourth-order valence-electron chi connectivity index (χ4n) is 7.10. The molecule has 3 aromatic heterocycles. The number of rotatable bonds is 9. The molecule has 49 heavy (non-hydrogen) atoms. The maximum Gasteiger partial charge on any atom is 0.160 e. The molecule has 2 aliphatic rings. The second-order valence-corrected chi connectivity index (χ2v) is 17.6. The maximum absolute atomic E-state index is 13.6. The van der Waals surface area contributed by atoms with E-state index < -0.39 is 7.14 Å². The molecule has 14 heteroatoms. The third-order valence-corrected chi connectivity index (χ3v) is 12.6. The van der Waals surface area contributed by atoms with Crippen molar-refractivity contribution < 1.29 is 9.30 Å². The van der Waals surface area contributed by atoms with Crippen molar-refractivity contribution in [1.29, 1.82) is 0 Å². The van der Waals surface area contributed by atoms with Crippen molar-refractivity contribution in [2.24, 2.45) is 0 Å². The van der Waals surface area contributed by atoms with Gasteiger partial charge in [0.25, 0.3) is 0 Å². The highest BCUT2D eigenvalue weighted by atomic mass is 35.5. The molecule has 0 atom stereocenters. The zero-order valence-electron chi connectivity index (χ0n) is 28.7. The Morgan fingerprint density at radius 1 is 0.959 bits per heavy atom. The summed E-state index contributed by atoms with van der Waals surface area (Å²) < 4.78 is 20.3. The topological polar surface area (TPSA) is 112 Å². The number of likely N-dealkylation sites (N-methyl/N-ethyl adjacent to an activating group) is 1. The number of aryl methyl sites for hydroxylation is 1. The molecule has 5 heterocycles. The number of anilines is 5. The number of pyridine rings is 1. The van der Waals surface area contributed by atoms with E-state index in [4.69, 9.17) is 21.3 Å². The number of halogens is 1. The van der Waals surface area contributed by atoms with E-state index >= 15 is 0 Å². The highest BCUT2D eigenvalue weighted by Crippen LogP contribution is 2.44. The van der Waals surface area contributed by atoms with Crippen LogP contribution in [0.15, 0.2) is 42.2 Å². The van der Waals surface area contributed by atoms with E-state index in [0.717, 1.165) is 61.8 Å². The zero-order valence-corrected chi connectivity index (χ0v) is 31.1. The lowest BCUT2D eigenvalue weighted by Gasteiger charge is -2.43. The molecule has 0 bridgehead atoms. The van der Waals surface area contributed by atoms with Crippen LogP contribution in [-0.2, 0) is 11.0 Å². The van der Waals surface area contributed by atoms with Gasteiger partial charge in [-0.15, -0.1) is 11.3 Å². The predicted octanol–water partition coefficient (Wildman–Crippen LogP) is 6.81. The molecule has 2 fully saturated rings. The summed E-state index contributed by atoms with van der Waals surface area (Å²) in [5.74, 6) is 1.70. The van der Waals surface area contributed by atoms with Gasteiger partial charge >= 0.3 is 0 Å². The van der Waals surface area contributed by atoms with Gasteiger partial charge in [-0.05, 0) is 63.4 Å². The molecule has 0 radical (unpaired) electrons. The van der Waals surface area contributed by atoms with Gasteiger partial charge in [-0.25, -0.2) is 9.97 Å². The van der Waals surface area contributed by atoms with Crippen LogP contribution in [-0.4, -0.2) is 103 Å². The van der Waals surface area contributed by atoms with E-state index in [1.54, 1.807) is 38.3 Å². The van der Waals surface area contributed by atoms with Crippen LogP contribution in [0, 0.1) is 0 Å². The highest BCUT2D eigenvalue weighted by molar-refractivity contribution is 7.71. The summed E-state index contributed by atoms with van der Waals surface area (Å²) in [6, 6.07) is 8.70. The standard InChI is InChI=1S/C35H43ClN9O2PS/c1-6-22-19-26(28(47-3)20-27(22)45-13-9-23(10-14-45)44-17-15-43(2)16-18-44)41-35-31-33(49-21-39-31)29(36)34(42-35)40-25-8-7-24-30(38-12-11-37-24)32(25)48(4,5)46/h7-8,11-12,19-21,23H,6,9-10,13-18H2,1-5H3,(H2,40,41,42). The Bertz CT molecular complexity index is 2040. The summed E-state index contributed by atoms with van der Waals surface area (Å²) >= 11 is 8.40. The predicted molar refractivity (Wildman–Crippen MR) is 204 cm³/mol. The third-order valence-electron chi connectivity index (χ3n) is 9.72. The Labute approximate surface area is 296 Å². The number of piperazine rings is 1. The average molecular weight is 720 g/mol. The molecule has 11 nitrogen and oxygen atoms in total. The first-order valence-corrected chi connectivity index (χ1v) is 20.6. The fraction of sp³-hybridized carbons (Fsp3) is 0.429. The quantitative estimate of drug-likeness (QED) is 0.157. The second-order valence-electron chi connectivity index (χ2n) is 13.2. The summed E-state index contributed by atoms with van der Waals surface area (Å²) in [6.45, 7) is 12.3. The minimum atomic E-state index is -2.79. The number of nitrogens with one attached hydrogen (secondary N) is 2. The van der Waals surface area contributed by atoms with Crippen LogP contribution in [0.2, 0.25) is 5.02 Å². The Hall–Kier alpha value is -3.54. The Balaban J connectivity index is 1.19. The van der Waals surface area contributed by atoms with Gasteiger partial charge in [0.15, 0.2) is 11.6 Å². The summed E-state index contributed by atoms with van der Waals surface area (Å²) in [7, 11) is 1.12. The molecule has 2 aromatic carbocycles. The zero-order chi connectivity index (χ0) is 34.3. The van der Waals surface area contributed by atoms with Gasteiger partial charge in [-0.2, -0.15) is 0 Å². The highest BCUT2D eigenvalue weighted by Gasteiger charge is 2.29. The minimum absolute atomic E-state index is 0.424. The number of piperidine rings is 1. The van der Waals surface area contributed by atoms with Crippen molar-refractivity contribution in [3.8, 4) is 5.75 Å². The van der Waals surface area contributed by atoms with Gasteiger partial charge in [0.1, 0.15) is 28.9 Å². The molecule has 0 aliphatic carbocycles. The first kappa shape index (κ1) is 33.9. The SMILES string of the molecule is CCc1cc(Nc2nc(Nc3ccc4nccnc4c3P(C)(C)=O)c(Cl)c3scnc23)c(OC)cc1N1CCC(N2CCN(C)CC2)CC1. The first-order chi connectivity index (χ1) is 23.6. The van der Waals surface area contributed by atoms with Gasteiger partial charge in [-0.3, -0.25) is 14.9 Å². The van der Waals surface area contributed by atoms with Crippen LogP contribution in [0.25, 0.3) is 21.3 Å². The van der Waals surface area contributed by atoms with Crippen molar-refractivity contribution >= 4 is 85.3 Å². The lowest BCUT2D eigenvalue weighted by atomic mass is 9.99. The molecular formula is C35H43ClN9O2PS. The van der Waals surface area contributed by atoms with Crippen LogP contribution < -0.4 is 25.6 Å². The number of hydrogen-bond donors (Lipinski definition) is 2. The number of thiazole rings is 1.